The van der Waals surface area contributed by atoms with Crippen molar-refractivity contribution in [2.24, 2.45) is 0 Å². The maximum Gasteiger partial charge on any atom is 0.272 e. The first-order valence-corrected chi connectivity index (χ1v) is 16.9. The normalized spacial score (nSPS) is 11.8. The van der Waals surface area contributed by atoms with Gasteiger partial charge in [0, 0.05) is 37.3 Å². The van der Waals surface area contributed by atoms with Crippen LogP contribution in [0.1, 0.15) is 26.7 Å². The Morgan fingerprint density at radius 3 is 2.08 bits per heavy atom. The molecule has 0 aliphatic heterocycles. The lowest BCUT2D eigenvalue weighted by atomic mass is 10.1. The second-order valence-electron chi connectivity index (χ2n) is 10.9. The van der Waals surface area contributed by atoms with Gasteiger partial charge in [0.1, 0.15) is 10.9 Å². The number of fused-ring (bicyclic) bond motifs is 1. The van der Waals surface area contributed by atoms with Crippen LogP contribution in [-0.4, -0.2) is 17.7 Å². The van der Waals surface area contributed by atoms with Crippen LogP contribution in [0, 0.1) is 0 Å². The van der Waals surface area contributed by atoms with Gasteiger partial charge in [-0.2, -0.15) is 0 Å². The van der Waals surface area contributed by atoms with Crippen molar-refractivity contribution in [3.05, 3.63) is 178 Å². The molecule has 0 bridgehead atoms. The summed E-state index contributed by atoms with van der Waals surface area (Å²) in [7, 11) is 0. The maximum atomic E-state index is 13.8. The Balaban J connectivity index is 1.21. The Labute approximate surface area is 298 Å². The summed E-state index contributed by atoms with van der Waals surface area (Å²) >= 11 is 13.8. The summed E-state index contributed by atoms with van der Waals surface area (Å²) in [5.74, 6) is -1.16. The minimum atomic E-state index is -0.549. The molecule has 49 heavy (non-hydrogen) atoms. The minimum absolute atomic E-state index is 0.00854. The molecule has 242 valence electrons. The summed E-state index contributed by atoms with van der Waals surface area (Å²) in [4.78, 5) is 41.2. The zero-order valence-electron chi connectivity index (χ0n) is 25.9. The third kappa shape index (κ3) is 8.58. The number of anilines is 2. The maximum absolute atomic E-state index is 13.8. The van der Waals surface area contributed by atoms with Crippen LogP contribution in [0.5, 0.6) is 0 Å². The molecule has 6 nitrogen and oxygen atoms in total. The number of nitrogens with one attached hydrogen (secondary N) is 3. The van der Waals surface area contributed by atoms with E-state index in [-0.39, 0.29) is 11.6 Å². The van der Waals surface area contributed by atoms with E-state index in [4.69, 9.17) is 23.2 Å². The molecule has 1 atom stereocenters. The molecule has 3 amide bonds. The number of hydrogen-bond acceptors (Lipinski definition) is 4. The number of benzene rings is 6. The average Bonchev–Trinajstić information content (AvgIpc) is 3.12. The first-order valence-electron chi connectivity index (χ1n) is 15.3. The van der Waals surface area contributed by atoms with Gasteiger partial charge in [0.15, 0.2) is 0 Å². The zero-order chi connectivity index (χ0) is 34.2. The van der Waals surface area contributed by atoms with Crippen LogP contribution in [0.25, 0.3) is 16.8 Å². The fourth-order valence-corrected chi connectivity index (χ4v) is 6.59. The quantitative estimate of drug-likeness (QED) is 0.0980. The highest BCUT2D eigenvalue weighted by Gasteiger charge is 2.23. The van der Waals surface area contributed by atoms with Gasteiger partial charge in [-0.15, -0.1) is 11.8 Å². The van der Waals surface area contributed by atoms with E-state index < -0.39 is 17.1 Å². The number of carbonyl (C=O) groups excluding carboxylic acids is 3. The van der Waals surface area contributed by atoms with Crippen LogP contribution in [0.2, 0.25) is 10.0 Å². The molecule has 6 aromatic carbocycles. The van der Waals surface area contributed by atoms with Crippen molar-refractivity contribution in [1.29, 1.82) is 0 Å². The van der Waals surface area contributed by atoms with Crippen molar-refractivity contribution >= 4 is 80.9 Å². The predicted octanol–water partition coefficient (Wildman–Crippen LogP) is 10.0. The number of hydrogen-bond donors (Lipinski definition) is 3. The number of thioether (sulfide) groups is 1. The summed E-state index contributed by atoms with van der Waals surface area (Å²) in [5, 5.41) is 10.9. The summed E-state index contributed by atoms with van der Waals surface area (Å²) in [6.45, 7) is 0. The highest BCUT2D eigenvalue weighted by molar-refractivity contribution is 8.00. The molecular formula is C40H29Cl2N3O3S. The number of carbonyl (C=O) groups is 3. The third-order valence-corrected chi connectivity index (χ3v) is 9.37. The van der Waals surface area contributed by atoms with Gasteiger partial charge in [0.05, 0.1) is 0 Å². The number of amides is 3. The van der Waals surface area contributed by atoms with Crippen LogP contribution in [0.3, 0.4) is 0 Å². The van der Waals surface area contributed by atoms with E-state index in [9.17, 15) is 14.4 Å². The molecule has 0 aliphatic carbocycles. The Kier molecular flexibility index (Phi) is 10.8. The molecule has 9 heteroatoms. The molecular weight excluding hydrogens is 673 g/mol. The molecule has 0 saturated carbocycles. The minimum Gasteiger partial charge on any atom is -0.324 e. The Morgan fingerprint density at radius 1 is 0.673 bits per heavy atom. The molecule has 0 aliphatic rings. The summed E-state index contributed by atoms with van der Waals surface area (Å²) in [6, 6.07) is 44.0. The molecule has 0 spiro atoms. The van der Waals surface area contributed by atoms with E-state index in [0.717, 1.165) is 26.9 Å². The Morgan fingerprint density at radius 2 is 1.35 bits per heavy atom. The molecule has 0 fully saturated rings. The summed E-state index contributed by atoms with van der Waals surface area (Å²) in [6.07, 6.45) is 1.50. The topological polar surface area (TPSA) is 87.3 Å². The van der Waals surface area contributed by atoms with Gasteiger partial charge >= 0.3 is 0 Å². The molecule has 0 radical (unpaired) electrons. The summed E-state index contributed by atoms with van der Waals surface area (Å²) < 4.78 is 0. The van der Waals surface area contributed by atoms with E-state index in [1.807, 2.05) is 84.9 Å². The van der Waals surface area contributed by atoms with E-state index in [1.54, 1.807) is 60.7 Å². The zero-order valence-corrected chi connectivity index (χ0v) is 28.2. The van der Waals surface area contributed by atoms with E-state index in [1.165, 1.54) is 17.8 Å². The fourth-order valence-electron chi connectivity index (χ4n) is 5.10. The number of halogens is 2. The lowest BCUT2D eigenvalue weighted by Gasteiger charge is -2.18. The molecule has 0 heterocycles. The molecule has 0 aromatic heterocycles. The first kappa shape index (κ1) is 33.6. The monoisotopic (exact) mass is 701 g/mol. The third-order valence-electron chi connectivity index (χ3n) is 7.55. The van der Waals surface area contributed by atoms with Gasteiger partial charge in [-0.3, -0.25) is 14.4 Å². The van der Waals surface area contributed by atoms with E-state index in [2.05, 4.69) is 16.0 Å². The Hall–Kier alpha value is -5.34. The van der Waals surface area contributed by atoms with Gasteiger partial charge in [-0.1, -0.05) is 114 Å². The second-order valence-corrected chi connectivity index (χ2v) is 13.0. The molecule has 0 saturated heterocycles. The highest BCUT2D eigenvalue weighted by atomic mass is 35.5. The standard InChI is InChI=1S/C40H29Cl2N3O3S/c41-30-19-18-29(34(42)25-30)24-36(45-38(46)28-13-5-2-6-14-28)39(47)43-31-20-22-32(23-21-31)49-37(27-11-3-1-4-12-27)40(48)44-35-17-9-15-26-10-7-8-16-33(26)35/h1-25,37H,(H,43,47)(H,44,48)(H,45,46)/b36-24-. The van der Waals surface area contributed by atoms with Crippen LogP contribution < -0.4 is 16.0 Å². The van der Waals surface area contributed by atoms with Gasteiger partial charge in [0.25, 0.3) is 11.8 Å². The Bertz CT molecular complexity index is 2150. The predicted molar refractivity (Wildman–Crippen MR) is 201 cm³/mol. The van der Waals surface area contributed by atoms with E-state index >= 15 is 0 Å². The second kappa shape index (κ2) is 15.7. The van der Waals surface area contributed by atoms with Crippen LogP contribution in [0.4, 0.5) is 11.4 Å². The fraction of sp³-hybridized carbons (Fsp3) is 0.0250. The lowest BCUT2D eigenvalue weighted by Crippen LogP contribution is -2.30. The van der Waals surface area contributed by atoms with Crippen LogP contribution in [-0.2, 0) is 9.59 Å². The smallest absolute Gasteiger partial charge is 0.272 e. The SMILES string of the molecule is O=C(Nc1ccc(SC(C(=O)Nc2cccc3ccccc23)c2ccccc2)cc1)/C(=C/c1ccc(Cl)cc1Cl)NC(=O)c1ccccc1. The van der Waals surface area contributed by atoms with Crippen molar-refractivity contribution < 1.29 is 14.4 Å². The molecule has 6 rings (SSSR count). The molecule has 6 aromatic rings. The first-order chi connectivity index (χ1) is 23.8. The average molecular weight is 703 g/mol. The van der Waals surface area contributed by atoms with Gasteiger partial charge in [-0.25, -0.2) is 0 Å². The van der Waals surface area contributed by atoms with Crippen LogP contribution >= 0.6 is 35.0 Å². The summed E-state index contributed by atoms with van der Waals surface area (Å²) in [5.41, 5.74) is 2.98. The highest BCUT2D eigenvalue weighted by Crippen LogP contribution is 2.37. The van der Waals surface area contributed by atoms with Crippen molar-refractivity contribution in [2.45, 2.75) is 10.1 Å². The van der Waals surface area contributed by atoms with Crippen molar-refractivity contribution in [1.82, 2.24) is 5.32 Å². The number of rotatable bonds is 10. The van der Waals surface area contributed by atoms with Gasteiger partial charge in [-0.05, 0) is 77.2 Å². The molecule has 1 unspecified atom stereocenters. The van der Waals surface area contributed by atoms with Crippen molar-refractivity contribution in [3.63, 3.8) is 0 Å². The van der Waals surface area contributed by atoms with Gasteiger partial charge < -0.3 is 16.0 Å². The van der Waals surface area contributed by atoms with Crippen molar-refractivity contribution in [3.8, 4) is 0 Å². The van der Waals surface area contributed by atoms with E-state index in [0.29, 0.717) is 26.9 Å². The lowest BCUT2D eigenvalue weighted by molar-refractivity contribution is -0.116. The van der Waals surface area contributed by atoms with Crippen LogP contribution in [0.15, 0.2) is 156 Å². The molecule has 3 N–H and O–H groups in total. The largest absolute Gasteiger partial charge is 0.324 e. The van der Waals surface area contributed by atoms with Crippen molar-refractivity contribution in [2.75, 3.05) is 10.6 Å². The van der Waals surface area contributed by atoms with Gasteiger partial charge in [0.2, 0.25) is 5.91 Å².